The third-order valence-corrected chi connectivity index (χ3v) is 8.03. The van der Waals surface area contributed by atoms with E-state index in [0.717, 1.165) is 18.6 Å². The molecule has 0 amide bonds. The molecule has 1 N–H and O–H groups in total. The summed E-state index contributed by atoms with van der Waals surface area (Å²) in [5.74, 6) is -2.52. The Balaban J connectivity index is 1.23. The molecule has 0 spiro atoms. The average molecular weight is 604 g/mol. The minimum Gasteiger partial charge on any atom is -0.478 e. The number of benzene rings is 3. The zero-order chi connectivity index (χ0) is 29.9. The lowest BCUT2D eigenvalue weighted by Gasteiger charge is -2.27. The van der Waals surface area contributed by atoms with E-state index in [2.05, 4.69) is 9.97 Å². The van der Waals surface area contributed by atoms with Gasteiger partial charge in [0.2, 0.25) is 0 Å². The number of hydrogen-bond donors (Lipinski definition) is 1. The molecule has 5 aromatic rings. The Morgan fingerprint density at radius 2 is 1.93 bits per heavy atom. The standard InChI is InChI=1S/C32H24ClF2N3O5/c1-32(28-8-6-19(33)15-36-28)42-27-4-2-3-21(30(27)43-32)22-14-23(34)18(11-24(22)35)13-29-37-25-7-5-17(31(39)40)12-26(25)38(29)16-20-9-10-41-20/h2-8,11-12,14-15,20H,9-10,13,16H2,1H3,(H,39,40)/t20-,32?/m0/s1. The molecule has 0 saturated carbocycles. The minimum atomic E-state index is -1.29. The van der Waals surface area contributed by atoms with Gasteiger partial charge in [-0.25, -0.2) is 18.6 Å². The number of aromatic nitrogens is 3. The molecular weight excluding hydrogens is 580 g/mol. The first kappa shape index (κ1) is 27.3. The quantitative estimate of drug-likeness (QED) is 0.220. The molecule has 3 aromatic carbocycles. The molecular formula is C32H24ClF2N3O5. The highest BCUT2D eigenvalue weighted by Gasteiger charge is 2.41. The molecule has 0 aliphatic carbocycles. The second-order valence-corrected chi connectivity index (χ2v) is 11.1. The van der Waals surface area contributed by atoms with Crippen molar-refractivity contribution in [2.75, 3.05) is 6.61 Å². The first-order chi connectivity index (χ1) is 20.7. The van der Waals surface area contributed by atoms with Crippen LogP contribution in [-0.2, 0) is 23.5 Å². The van der Waals surface area contributed by atoms with Crippen LogP contribution in [0.4, 0.5) is 8.78 Å². The highest BCUT2D eigenvalue weighted by molar-refractivity contribution is 6.30. The molecule has 4 heterocycles. The number of carbonyl (C=O) groups is 1. The fourth-order valence-electron chi connectivity index (χ4n) is 5.46. The normalized spacial score (nSPS) is 19.0. The molecule has 1 fully saturated rings. The fourth-order valence-corrected chi connectivity index (χ4v) is 5.58. The van der Waals surface area contributed by atoms with E-state index in [-0.39, 0.29) is 35.0 Å². The van der Waals surface area contributed by atoms with Gasteiger partial charge in [-0.15, -0.1) is 0 Å². The Hall–Kier alpha value is -4.54. The molecule has 218 valence electrons. The second kappa shape index (κ2) is 10.3. The number of carboxylic acid groups (broad SMARTS) is 1. The van der Waals surface area contributed by atoms with Crippen molar-refractivity contribution in [3.63, 3.8) is 0 Å². The van der Waals surface area contributed by atoms with E-state index in [4.69, 9.17) is 25.8 Å². The van der Waals surface area contributed by atoms with Gasteiger partial charge in [-0.1, -0.05) is 23.7 Å². The number of nitrogens with zero attached hydrogens (tertiary/aromatic N) is 3. The van der Waals surface area contributed by atoms with Crippen LogP contribution in [0.1, 0.15) is 40.8 Å². The lowest BCUT2D eigenvalue weighted by Crippen LogP contribution is -2.32. The van der Waals surface area contributed by atoms with Crippen LogP contribution in [0.15, 0.2) is 66.9 Å². The van der Waals surface area contributed by atoms with E-state index in [1.807, 2.05) is 4.57 Å². The summed E-state index contributed by atoms with van der Waals surface area (Å²) in [7, 11) is 0. The van der Waals surface area contributed by atoms with Crippen molar-refractivity contribution in [3.8, 4) is 22.6 Å². The molecule has 2 aliphatic rings. The summed E-state index contributed by atoms with van der Waals surface area (Å²) in [6.07, 6.45) is 2.24. The van der Waals surface area contributed by atoms with Crippen LogP contribution in [0.25, 0.3) is 22.2 Å². The number of fused-ring (bicyclic) bond motifs is 2. The SMILES string of the molecule is CC1(c2ccc(Cl)cn2)Oc2cccc(-c3cc(F)c(Cc4nc5ccc(C(=O)O)cc5n4C[C@@H]4CCO4)cc3F)c2O1. The molecule has 0 radical (unpaired) electrons. The number of para-hydroxylation sites is 1. The predicted octanol–water partition coefficient (Wildman–Crippen LogP) is 6.75. The van der Waals surface area contributed by atoms with Gasteiger partial charge >= 0.3 is 5.97 Å². The van der Waals surface area contributed by atoms with Crippen molar-refractivity contribution in [2.45, 2.75) is 38.2 Å². The Labute approximate surface area is 249 Å². The van der Waals surface area contributed by atoms with E-state index in [0.29, 0.717) is 52.0 Å². The fraction of sp³-hybridized carbons (Fsp3) is 0.219. The van der Waals surface area contributed by atoms with Gasteiger partial charge in [0.1, 0.15) is 23.2 Å². The van der Waals surface area contributed by atoms with E-state index < -0.39 is 23.4 Å². The number of halogens is 3. The van der Waals surface area contributed by atoms with Gasteiger partial charge in [-0.3, -0.25) is 4.98 Å². The number of pyridine rings is 1. The van der Waals surface area contributed by atoms with Crippen LogP contribution in [-0.4, -0.2) is 38.3 Å². The number of aromatic carboxylic acids is 1. The number of hydrogen-bond acceptors (Lipinski definition) is 6. The predicted molar refractivity (Wildman–Crippen MR) is 154 cm³/mol. The van der Waals surface area contributed by atoms with Gasteiger partial charge in [0.05, 0.1) is 34.3 Å². The molecule has 0 bridgehead atoms. The monoisotopic (exact) mass is 603 g/mol. The topological polar surface area (TPSA) is 95.7 Å². The molecule has 2 aromatic heterocycles. The Morgan fingerprint density at radius 1 is 1.09 bits per heavy atom. The van der Waals surface area contributed by atoms with Crippen LogP contribution in [0.2, 0.25) is 5.02 Å². The Morgan fingerprint density at radius 3 is 2.65 bits per heavy atom. The first-order valence-electron chi connectivity index (χ1n) is 13.6. The van der Waals surface area contributed by atoms with Crippen LogP contribution < -0.4 is 9.47 Å². The van der Waals surface area contributed by atoms with Crippen molar-refractivity contribution < 1.29 is 32.9 Å². The molecule has 7 rings (SSSR count). The van der Waals surface area contributed by atoms with Gasteiger partial charge in [0.25, 0.3) is 5.79 Å². The number of imidazole rings is 1. The number of ether oxygens (including phenoxy) is 3. The van der Waals surface area contributed by atoms with Crippen molar-refractivity contribution in [1.29, 1.82) is 0 Å². The summed E-state index contributed by atoms with van der Waals surface area (Å²) >= 11 is 5.98. The van der Waals surface area contributed by atoms with Crippen molar-refractivity contribution in [2.24, 2.45) is 0 Å². The lowest BCUT2D eigenvalue weighted by molar-refractivity contribution is -0.0715. The molecule has 2 atom stereocenters. The lowest BCUT2D eigenvalue weighted by atomic mass is 10.00. The second-order valence-electron chi connectivity index (χ2n) is 10.7. The van der Waals surface area contributed by atoms with Gasteiger partial charge in [-0.05, 0) is 60.5 Å². The molecule has 2 aliphatic heterocycles. The Bertz CT molecular complexity index is 1910. The van der Waals surface area contributed by atoms with Gasteiger partial charge in [-0.2, -0.15) is 0 Å². The van der Waals surface area contributed by atoms with Crippen molar-refractivity contribution in [1.82, 2.24) is 14.5 Å². The maximum atomic E-state index is 15.8. The summed E-state index contributed by atoms with van der Waals surface area (Å²) in [5.41, 5.74) is 2.18. The third-order valence-electron chi connectivity index (χ3n) is 7.80. The van der Waals surface area contributed by atoms with Crippen LogP contribution in [0.3, 0.4) is 0 Å². The van der Waals surface area contributed by atoms with Gasteiger partial charge < -0.3 is 23.9 Å². The zero-order valence-electron chi connectivity index (χ0n) is 22.8. The zero-order valence-corrected chi connectivity index (χ0v) is 23.6. The largest absolute Gasteiger partial charge is 0.478 e. The first-order valence-corrected chi connectivity index (χ1v) is 14.0. The van der Waals surface area contributed by atoms with Crippen LogP contribution in [0.5, 0.6) is 11.5 Å². The summed E-state index contributed by atoms with van der Waals surface area (Å²) in [5, 5.41) is 9.94. The van der Waals surface area contributed by atoms with Gasteiger partial charge in [0.15, 0.2) is 11.5 Å². The van der Waals surface area contributed by atoms with Gasteiger partial charge in [0, 0.05) is 37.3 Å². The van der Waals surface area contributed by atoms with E-state index in [9.17, 15) is 9.90 Å². The highest BCUT2D eigenvalue weighted by atomic mass is 35.5. The molecule has 43 heavy (non-hydrogen) atoms. The molecule has 11 heteroatoms. The number of carboxylic acids is 1. The molecule has 1 unspecified atom stereocenters. The summed E-state index contributed by atoms with van der Waals surface area (Å²) in [6.45, 7) is 2.75. The molecule has 1 saturated heterocycles. The Kier molecular flexibility index (Phi) is 6.55. The van der Waals surface area contributed by atoms with Crippen molar-refractivity contribution in [3.05, 3.63) is 106 Å². The van der Waals surface area contributed by atoms with Crippen LogP contribution >= 0.6 is 11.6 Å². The summed E-state index contributed by atoms with van der Waals surface area (Å²) < 4.78 is 51.1. The maximum Gasteiger partial charge on any atom is 0.335 e. The minimum absolute atomic E-state index is 0.0116. The number of rotatable bonds is 7. The molecule has 8 nitrogen and oxygen atoms in total. The summed E-state index contributed by atoms with van der Waals surface area (Å²) in [4.78, 5) is 20.5. The van der Waals surface area contributed by atoms with E-state index >= 15 is 8.78 Å². The smallest absolute Gasteiger partial charge is 0.335 e. The third kappa shape index (κ3) is 4.86. The maximum absolute atomic E-state index is 15.8. The van der Waals surface area contributed by atoms with Crippen molar-refractivity contribution >= 4 is 28.6 Å². The van der Waals surface area contributed by atoms with Crippen LogP contribution in [0, 0.1) is 11.6 Å². The van der Waals surface area contributed by atoms with E-state index in [1.165, 1.54) is 18.3 Å². The summed E-state index contributed by atoms with van der Waals surface area (Å²) in [6, 6.07) is 15.3. The highest BCUT2D eigenvalue weighted by Crippen LogP contribution is 2.49. The van der Waals surface area contributed by atoms with E-state index in [1.54, 1.807) is 43.3 Å². The average Bonchev–Trinajstić information content (AvgIpc) is 3.49.